The van der Waals surface area contributed by atoms with E-state index in [4.69, 9.17) is 33.2 Å². The minimum absolute atomic E-state index is 0.0369. The van der Waals surface area contributed by atoms with Crippen molar-refractivity contribution >= 4 is 16.3 Å². The molecule has 0 radical (unpaired) electrons. The minimum atomic E-state index is -1.74. The first kappa shape index (κ1) is 40.3. The number of aliphatic hydroxyl groups is 2. The number of benzene rings is 2. The maximum absolute atomic E-state index is 12.3. The Labute approximate surface area is 323 Å². The fourth-order valence-corrected chi connectivity index (χ4v) is 12.0. The molecule has 2 N–H and O–H groups in total. The van der Waals surface area contributed by atoms with Crippen LogP contribution in [0.5, 0.6) is 0 Å². The first-order chi connectivity index (χ1) is 25.9. The summed E-state index contributed by atoms with van der Waals surface area (Å²) in [5, 5.41) is 26.6. The highest BCUT2D eigenvalue weighted by molar-refractivity contribution is 5.87. The summed E-state index contributed by atoms with van der Waals surface area (Å²) >= 11 is 0. The van der Waals surface area contributed by atoms with Crippen molar-refractivity contribution in [3.8, 4) is 0 Å². The van der Waals surface area contributed by atoms with Crippen molar-refractivity contribution in [3.63, 3.8) is 0 Å². The van der Waals surface area contributed by atoms with E-state index in [0.717, 1.165) is 51.4 Å². The standard InChI is InChI=1S/C45H66O9/c1-8-49-27-43(46)30(4)53-40(44(47,28-50-9-2)39(43)48-7)54-35-19-22-41(5)34(26-35)17-18-38-37(41)20-23-42(6)36(21-24-45(38,42)52-29-51-10-3)33-16-15-31-13-11-12-14-32(31)25-33/h11-16,21,25,30,34-35,37-40,46-47H,8-10,17-20,22-24,26-29H2,1-7H3/t30-,34?,35?,37-,38-,39+,40+,41+,42-,43-,44-,45-/m1/s1. The number of fused-ring (bicyclic) bond motifs is 6. The molecule has 9 nitrogen and oxygen atoms in total. The minimum Gasteiger partial charge on any atom is -0.382 e. The van der Waals surface area contributed by atoms with Crippen molar-refractivity contribution < 1.29 is 43.4 Å². The van der Waals surface area contributed by atoms with E-state index in [-0.39, 0.29) is 35.7 Å². The molecule has 54 heavy (non-hydrogen) atoms. The highest BCUT2D eigenvalue weighted by Crippen LogP contribution is 2.70. The lowest BCUT2D eigenvalue weighted by molar-refractivity contribution is -0.386. The van der Waals surface area contributed by atoms with Gasteiger partial charge < -0.3 is 43.4 Å². The van der Waals surface area contributed by atoms with Crippen molar-refractivity contribution in [1.29, 1.82) is 0 Å². The van der Waals surface area contributed by atoms with Gasteiger partial charge in [0.25, 0.3) is 0 Å². The molecule has 9 heteroatoms. The molecule has 7 rings (SSSR count). The highest BCUT2D eigenvalue weighted by atomic mass is 16.7. The van der Waals surface area contributed by atoms with Crippen molar-refractivity contribution in [2.45, 2.75) is 134 Å². The summed E-state index contributed by atoms with van der Waals surface area (Å²) in [6.45, 7) is 14.2. The molecule has 2 aromatic carbocycles. The summed E-state index contributed by atoms with van der Waals surface area (Å²) in [4.78, 5) is 0. The molecule has 3 saturated carbocycles. The third-order valence-corrected chi connectivity index (χ3v) is 15.0. The summed E-state index contributed by atoms with van der Waals surface area (Å²) in [6.07, 6.45) is 7.74. The monoisotopic (exact) mass is 750 g/mol. The third-order valence-electron chi connectivity index (χ3n) is 15.0. The molecule has 300 valence electrons. The zero-order chi connectivity index (χ0) is 38.4. The first-order valence-corrected chi connectivity index (χ1v) is 20.8. The van der Waals surface area contributed by atoms with Crippen molar-refractivity contribution in [1.82, 2.24) is 0 Å². The van der Waals surface area contributed by atoms with Crippen LogP contribution in [0, 0.1) is 28.6 Å². The quantitative estimate of drug-likeness (QED) is 0.114. The second-order valence-electron chi connectivity index (χ2n) is 17.4. The van der Waals surface area contributed by atoms with Gasteiger partial charge in [-0.05, 0) is 130 Å². The van der Waals surface area contributed by atoms with Gasteiger partial charge in [-0.2, -0.15) is 0 Å². The number of hydrogen-bond acceptors (Lipinski definition) is 9. The molecule has 2 unspecified atom stereocenters. The Morgan fingerprint density at radius 1 is 0.815 bits per heavy atom. The Balaban J connectivity index is 1.11. The van der Waals surface area contributed by atoms with Crippen LogP contribution in [0.1, 0.15) is 98.5 Å². The molecular weight excluding hydrogens is 684 g/mol. The molecule has 1 heterocycles. The Bertz CT molecular complexity index is 1630. The summed E-state index contributed by atoms with van der Waals surface area (Å²) < 4.78 is 43.6. The van der Waals surface area contributed by atoms with Gasteiger partial charge in [0.1, 0.15) is 18.5 Å². The zero-order valence-electron chi connectivity index (χ0n) is 33.8. The summed E-state index contributed by atoms with van der Waals surface area (Å²) in [6, 6.07) is 15.6. The lowest BCUT2D eigenvalue weighted by atomic mass is 9.43. The largest absolute Gasteiger partial charge is 0.382 e. The average Bonchev–Trinajstić information content (AvgIpc) is 3.48. The molecule has 0 spiro atoms. The lowest BCUT2D eigenvalue weighted by Gasteiger charge is -2.64. The molecule has 2 aromatic rings. The Morgan fingerprint density at radius 2 is 1.54 bits per heavy atom. The summed E-state index contributed by atoms with van der Waals surface area (Å²) in [7, 11) is 1.50. The van der Waals surface area contributed by atoms with E-state index in [1.807, 2.05) is 20.8 Å². The number of hydrogen-bond donors (Lipinski definition) is 2. The lowest BCUT2D eigenvalue weighted by Crippen LogP contribution is -2.75. The fourth-order valence-electron chi connectivity index (χ4n) is 12.0. The highest BCUT2D eigenvalue weighted by Gasteiger charge is 2.68. The molecule has 0 aromatic heterocycles. The van der Waals surface area contributed by atoms with E-state index in [9.17, 15) is 10.2 Å². The molecule has 1 saturated heterocycles. The number of rotatable bonds is 14. The van der Waals surface area contributed by atoms with Gasteiger partial charge in [-0.1, -0.05) is 56.3 Å². The van der Waals surface area contributed by atoms with Crippen LogP contribution in [0.3, 0.4) is 0 Å². The van der Waals surface area contributed by atoms with E-state index in [1.165, 1.54) is 29.0 Å². The average molecular weight is 751 g/mol. The van der Waals surface area contributed by atoms with Gasteiger partial charge in [0.05, 0.1) is 31.0 Å². The van der Waals surface area contributed by atoms with Crippen molar-refractivity contribution in [3.05, 3.63) is 54.1 Å². The number of methoxy groups -OCH3 is 1. The van der Waals surface area contributed by atoms with Crippen LogP contribution in [0.15, 0.2) is 48.5 Å². The van der Waals surface area contributed by atoms with Crippen LogP contribution in [-0.2, 0) is 33.2 Å². The van der Waals surface area contributed by atoms with Gasteiger partial charge >= 0.3 is 0 Å². The van der Waals surface area contributed by atoms with Crippen molar-refractivity contribution in [2.24, 2.45) is 28.6 Å². The smallest absolute Gasteiger partial charge is 0.192 e. The van der Waals surface area contributed by atoms with Crippen LogP contribution in [-0.4, -0.2) is 98.6 Å². The molecule has 4 fully saturated rings. The van der Waals surface area contributed by atoms with Crippen LogP contribution in [0.25, 0.3) is 16.3 Å². The van der Waals surface area contributed by atoms with Gasteiger partial charge in [0.15, 0.2) is 11.9 Å². The fraction of sp³-hybridized carbons (Fsp3) is 0.733. The summed E-state index contributed by atoms with van der Waals surface area (Å²) in [5.41, 5.74) is -0.910. The zero-order valence-corrected chi connectivity index (χ0v) is 33.8. The maximum Gasteiger partial charge on any atom is 0.192 e. The van der Waals surface area contributed by atoms with Gasteiger partial charge in [-0.25, -0.2) is 0 Å². The van der Waals surface area contributed by atoms with Crippen LogP contribution < -0.4 is 0 Å². The van der Waals surface area contributed by atoms with E-state index in [2.05, 4.69) is 62.4 Å². The van der Waals surface area contributed by atoms with Crippen LogP contribution >= 0.6 is 0 Å². The molecule has 4 aliphatic carbocycles. The molecular formula is C45H66O9. The maximum atomic E-state index is 12.3. The first-order valence-electron chi connectivity index (χ1n) is 20.8. The van der Waals surface area contributed by atoms with E-state index in [0.29, 0.717) is 44.4 Å². The Morgan fingerprint density at radius 3 is 2.26 bits per heavy atom. The van der Waals surface area contributed by atoms with Gasteiger partial charge in [-0.15, -0.1) is 0 Å². The topological polar surface area (TPSA) is 105 Å². The number of ether oxygens (including phenoxy) is 7. The van der Waals surface area contributed by atoms with Crippen LogP contribution in [0.4, 0.5) is 0 Å². The van der Waals surface area contributed by atoms with E-state index in [1.54, 1.807) is 6.92 Å². The third kappa shape index (κ3) is 6.51. The molecule has 0 bridgehead atoms. The van der Waals surface area contributed by atoms with Crippen LogP contribution in [0.2, 0.25) is 0 Å². The second-order valence-corrected chi connectivity index (χ2v) is 17.4. The molecule has 0 amide bonds. The molecule has 12 atom stereocenters. The molecule has 5 aliphatic rings. The summed E-state index contributed by atoms with van der Waals surface area (Å²) in [5.74, 6) is 1.40. The Kier molecular flexibility index (Phi) is 11.8. The SMILES string of the molecule is CCOCO[C@@]12CC=C(c3ccc4ccccc4c3)[C@@]1(C)CC[C@@H]1[C@H]2CCC2CC(O[C@@H]3O[C@H](C)[C@](O)(COCC)[C@H](OC)[C@]3(O)COCC)CC[C@@]21C. The Hall–Kier alpha value is -1.92. The molecule has 1 aliphatic heterocycles. The van der Waals surface area contributed by atoms with E-state index < -0.39 is 29.7 Å². The van der Waals surface area contributed by atoms with Crippen molar-refractivity contribution in [2.75, 3.05) is 46.9 Å². The van der Waals surface area contributed by atoms with Gasteiger partial charge in [0.2, 0.25) is 0 Å². The predicted octanol–water partition coefficient (Wildman–Crippen LogP) is 7.69. The van der Waals surface area contributed by atoms with E-state index >= 15 is 0 Å². The van der Waals surface area contributed by atoms with Gasteiger partial charge in [0, 0.05) is 32.3 Å². The van der Waals surface area contributed by atoms with Gasteiger partial charge in [-0.3, -0.25) is 0 Å². The second kappa shape index (κ2) is 15.8. The predicted molar refractivity (Wildman–Crippen MR) is 209 cm³/mol. The normalized spacial score (nSPS) is 41.9.